The largest absolute Gasteiger partial charge is 0.491 e. The van der Waals surface area contributed by atoms with Crippen molar-refractivity contribution in [2.45, 2.75) is 39.3 Å². The monoisotopic (exact) mass is 294 g/mol. The molecular formula is C15H26N4O2. The van der Waals surface area contributed by atoms with Crippen molar-refractivity contribution in [2.75, 3.05) is 19.0 Å². The Bertz CT molecular complexity index is 451. The number of hydrogen-bond donors (Lipinski definition) is 3. The van der Waals surface area contributed by atoms with E-state index < -0.39 is 0 Å². The summed E-state index contributed by atoms with van der Waals surface area (Å²) in [5, 5.41) is 3.13. The molecule has 2 unspecified atom stereocenters. The third-order valence-corrected chi connectivity index (χ3v) is 2.90. The second-order valence-electron chi connectivity index (χ2n) is 4.92. The lowest BCUT2D eigenvalue weighted by atomic mass is 10.3. The van der Waals surface area contributed by atoms with Crippen LogP contribution in [0.3, 0.4) is 0 Å². The Kier molecular flexibility index (Phi) is 7.56. The molecule has 1 rings (SSSR count). The summed E-state index contributed by atoms with van der Waals surface area (Å²) < 4.78 is 10.8. The van der Waals surface area contributed by atoms with Gasteiger partial charge in [-0.2, -0.15) is 0 Å². The first kappa shape index (κ1) is 17.3. The molecule has 118 valence electrons. The zero-order chi connectivity index (χ0) is 15.7. The standard InChI is InChI=1S/C15H26N4O2/c1-5-12(3)21-14-8-6-7-13(9-14)18-15(19-16)17-11(2)10-20-4/h6-9,11-12H,5,10,16H2,1-4H3,(H2,17,18,19). The van der Waals surface area contributed by atoms with E-state index in [2.05, 4.69) is 22.7 Å². The summed E-state index contributed by atoms with van der Waals surface area (Å²) in [6.45, 7) is 6.61. The molecule has 0 aliphatic rings. The molecule has 0 bridgehead atoms. The molecule has 0 fully saturated rings. The average molecular weight is 294 g/mol. The number of benzene rings is 1. The smallest absolute Gasteiger partial charge is 0.210 e. The summed E-state index contributed by atoms with van der Waals surface area (Å²) in [5.74, 6) is 6.79. The van der Waals surface area contributed by atoms with Crippen molar-refractivity contribution in [1.82, 2.24) is 5.43 Å². The van der Waals surface area contributed by atoms with Crippen molar-refractivity contribution < 1.29 is 9.47 Å². The minimum atomic E-state index is 0.00750. The fraction of sp³-hybridized carbons (Fsp3) is 0.533. The van der Waals surface area contributed by atoms with Gasteiger partial charge in [0, 0.05) is 18.9 Å². The number of guanidine groups is 1. The number of ether oxygens (including phenoxy) is 2. The van der Waals surface area contributed by atoms with Gasteiger partial charge in [-0.3, -0.25) is 5.43 Å². The molecular weight excluding hydrogens is 268 g/mol. The van der Waals surface area contributed by atoms with Crippen molar-refractivity contribution in [3.05, 3.63) is 24.3 Å². The average Bonchev–Trinajstić information content (AvgIpc) is 2.47. The van der Waals surface area contributed by atoms with Crippen LogP contribution in [0.5, 0.6) is 5.75 Å². The van der Waals surface area contributed by atoms with E-state index in [0.29, 0.717) is 12.6 Å². The molecule has 4 N–H and O–H groups in total. The SMILES string of the molecule is CCC(C)Oc1cccc(NC(=NC(C)COC)NN)c1. The van der Waals surface area contributed by atoms with Crippen molar-refractivity contribution in [1.29, 1.82) is 0 Å². The van der Waals surface area contributed by atoms with Gasteiger partial charge in [-0.1, -0.05) is 13.0 Å². The van der Waals surface area contributed by atoms with Gasteiger partial charge in [0.05, 0.1) is 18.8 Å². The van der Waals surface area contributed by atoms with Gasteiger partial charge in [-0.25, -0.2) is 10.8 Å². The van der Waals surface area contributed by atoms with Crippen LogP contribution in [0.1, 0.15) is 27.2 Å². The van der Waals surface area contributed by atoms with Gasteiger partial charge >= 0.3 is 0 Å². The van der Waals surface area contributed by atoms with E-state index in [1.54, 1.807) is 7.11 Å². The Labute approximate surface area is 126 Å². The molecule has 0 saturated heterocycles. The number of aliphatic imine (C=N–C) groups is 1. The lowest BCUT2D eigenvalue weighted by molar-refractivity contribution is 0.185. The molecule has 0 saturated carbocycles. The topological polar surface area (TPSA) is 80.9 Å². The molecule has 0 aromatic heterocycles. The highest BCUT2D eigenvalue weighted by molar-refractivity contribution is 5.93. The first-order valence-electron chi connectivity index (χ1n) is 7.16. The maximum absolute atomic E-state index is 5.79. The Balaban J connectivity index is 2.74. The van der Waals surface area contributed by atoms with Crippen LogP contribution in [0.4, 0.5) is 5.69 Å². The van der Waals surface area contributed by atoms with Crippen LogP contribution in [-0.4, -0.2) is 31.8 Å². The molecule has 0 aliphatic heterocycles. The van der Waals surface area contributed by atoms with E-state index in [1.807, 2.05) is 38.1 Å². The van der Waals surface area contributed by atoms with Gasteiger partial charge in [0.15, 0.2) is 0 Å². The van der Waals surface area contributed by atoms with Crippen molar-refractivity contribution in [2.24, 2.45) is 10.8 Å². The lowest BCUT2D eigenvalue weighted by Gasteiger charge is -2.15. The molecule has 21 heavy (non-hydrogen) atoms. The van der Waals surface area contributed by atoms with Crippen molar-refractivity contribution in [3.8, 4) is 5.75 Å². The highest BCUT2D eigenvalue weighted by Crippen LogP contribution is 2.19. The van der Waals surface area contributed by atoms with Crippen LogP contribution >= 0.6 is 0 Å². The summed E-state index contributed by atoms with van der Waals surface area (Å²) in [7, 11) is 1.64. The fourth-order valence-electron chi connectivity index (χ4n) is 1.70. The number of methoxy groups -OCH3 is 1. The number of anilines is 1. The molecule has 0 spiro atoms. The maximum atomic E-state index is 5.79. The van der Waals surface area contributed by atoms with Crippen LogP contribution in [0.25, 0.3) is 0 Å². The zero-order valence-corrected chi connectivity index (χ0v) is 13.2. The fourth-order valence-corrected chi connectivity index (χ4v) is 1.70. The Hall–Kier alpha value is -1.79. The second kappa shape index (κ2) is 9.20. The van der Waals surface area contributed by atoms with Crippen LogP contribution in [0.15, 0.2) is 29.3 Å². The third kappa shape index (κ3) is 6.46. The normalized spacial score (nSPS) is 14.4. The van der Waals surface area contributed by atoms with Gasteiger partial charge in [0.1, 0.15) is 5.75 Å². The molecule has 0 radical (unpaired) electrons. The number of nitrogens with two attached hydrogens (primary N) is 1. The minimum absolute atomic E-state index is 0.00750. The van der Waals surface area contributed by atoms with Crippen LogP contribution < -0.4 is 21.3 Å². The molecule has 1 aromatic carbocycles. The molecule has 2 atom stereocenters. The summed E-state index contributed by atoms with van der Waals surface area (Å²) in [6.07, 6.45) is 1.14. The molecule has 6 heteroatoms. The first-order valence-corrected chi connectivity index (χ1v) is 7.16. The number of rotatable bonds is 7. The Morgan fingerprint density at radius 3 is 2.76 bits per heavy atom. The van der Waals surface area contributed by atoms with E-state index in [-0.39, 0.29) is 12.1 Å². The van der Waals surface area contributed by atoms with Crippen LogP contribution in [0, 0.1) is 0 Å². The maximum Gasteiger partial charge on any atom is 0.210 e. The van der Waals surface area contributed by atoms with Gasteiger partial charge in [-0.05, 0) is 32.4 Å². The third-order valence-electron chi connectivity index (χ3n) is 2.90. The van der Waals surface area contributed by atoms with E-state index in [4.69, 9.17) is 15.3 Å². The van der Waals surface area contributed by atoms with E-state index >= 15 is 0 Å². The predicted octanol–water partition coefficient (Wildman–Crippen LogP) is 2.13. The number of hydrogen-bond acceptors (Lipinski definition) is 4. The highest BCUT2D eigenvalue weighted by atomic mass is 16.5. The number of hydrazine groups is 1. The first-order chi connectivity index (χ1) is 10.1. The summed E-state index contributed by atoms with van der Waals surface area (Å²) in [5.41, 5.74) is 3.41. The highest BCUT2D eigenvalue weighted by Gasteiger charge is 2.05. The van der Waals surface area contributed by atoms with Gasteiger partial charge in [-0.15, -0.1) is 0 Å². The van der Waals surface area contributed by atoms with E-state index in [1.165, 1.54) is 0 Å². The van der Waals surface area contributed by atoms with Crippen LogP contribution in [0.2, 0.25) is 0 Å². The molecule has 6 nitrogen and oxygen atoms in total. The summed E-state index contributed by atoms with van der Waals surface area (Å²) >= 11 is 0. The van der Waals surface area contributed by atoms with Gasteiger partial charge in [0.2, 0.25) is 5.96 Å². The summed E-state index contributed by atoms with van der Waals surface area (Å²) in [4.78, 5) is 4.39. The van der Waals surface area contributed by atoms with E-state index in [0.717, 1.165) is 17.9 Å². The Morgan fingerprint density at radius 2 is 2.14 bits per heavy atom. The molecule has 0 amide bonds. The zero-order valence-electron chi connectivity index (χ0n) is 13.2. The molecule has 1 aromatic rings. The van der Waals surface area contributed by atoms with Crippen LogP contribution in [-0.2, 0) is 4.74 Å². The summed E-state index contributed by atoms with van der Waals surface area (Å²) in [6, 6.07) is 7.70. The quantitative estimate of drug-likeness (QED) is 0.311. The molecule has 0 aliphatic carbocycles. The van der Waals surface area contributed by atoms with Gasteiger partial charge < -0.3 is 14.8 Å². The lowest BCUT2D eigenvalue weighted by Crippen LogP contribution is -2.37. The van der Waals surface area contributed by atoms with Crippen molar-refractivity contribution in [3.63, 3.8) is 0 Å². The van der Waals surface area contributed by atoms with Crippen molar-refractivity contribution >= 4 is 11.6 Å². The minimum Gasteiger partial charge on any atom is -0.491 e. The Morgan fingerprint density at radius 1 is 1.38 bits per heavy atom. The predicted molar refractivity (Wildman–Crippen MR) is 86.5 cm³/mol. The number of nitrogens with one attached hydrogen (secondary N) is 2. The second-order valence-corrected chi connectivity index (χ2v) is 4.92. The van der Waals surface area contributed by atoms with Gasteiger partial charge in [0.25, 0.3) is 0 Å². The van der Waals surface area contributed by atoms with E-state index in [9.17, 15) is 0 Å². The molecule has 0 heterocycles. The number of nitrogens with zero attached hydrogens (tertiary/aromatic N) is 1.